The van der Waals surface area contributed by atoms with Gasteiger partial charge in [-0.2, -0.15) is 0 Å². The van der Waals surface area contributed by atoms with Crippen LogP contribution < -0.4 is 5.73 Å². The number of nitrogens with two attached hydrogens (primary N) is 1. The van der Waals surface area contributed by atoms with Gasteiger partial charge < -0.3 is 10.6 Å². The zero-order chi connectivity index (χ0) is 13.8. The van der Waals surface area contributed by atoms with E-state index in [1.54, 1.807) is 0 Å². The number of nitrogens with zero attached hydrogens (tertiary/aromatic N) is 2. The molecule has 1 aromatic rings. The highest BCUT2D eigenvalue weighted by atomic mass is 79.9. The highest BCUT2D eigenvalue weighted by Crippen LogP contribution is 2.31. The maximum atomic E-state index is 6.24. The summed E-state index contributed by atoms with van der Waals surface area (Å²) in [6.07, 6.45) is 1.24. The van der Waals surface area contributed by atoms with Crippen molar-refractivity contribution in [2.75, 3.05) is 32.7 Å². The van der Waals surface area contributed by atoms with Gasteiger partial charge in [-0.25, -0.2) is 0 Å². The molecular formula is C14H24BrN3S. The van der Waals surface area contributed by atoms with E-state index in [1.165, 1.54) is 35.4 Å². The molecule has 1 saturated heterocycles. The second-order valence-electron chi connectivity index (χ2n) is 5.35. The topological polar surface area (TPSA) is 32.5 Å². The van der Waals surface area contributed by atoms with Gasteiger partial charge >= 0.3 is 0 Å². The number of rotatable bonds is 5. The van der Waals surface area contributed by atoms with Crippen LogP contribution in [0.4, 0.5) is 0 Å². The summed E-state index contributed by atoms with van der Waals surface area (Å²) in [6, 6.07) is 2.75. The van der Waals surface area contributed by atoms with Crippen LogP contribution in [0.2, 0.25) is 0 Å². The minimum atomic E-state index is 0.170. The molecule has 1 aliphatic rings. The van der Waals surface area contributed by atoms with Gasteiger partial charge in [0.25, 0.3) is 0 Å². The first-order valence-electron chi connectivity index (χ1n) is 7.07. The fraction of sp³-hybridized carbons (Fsp3) is 0.714. The molecule has 0 bridgehead atoms. The second-order valence-corrected chi connectivity index (χ2v) is 7.21. The molecular weight excluding hydrogens is 322 g/mol. The highest BCUT2D eigenvalue weighted by molar-refractivity contribution is 9.10. The van der Waals surface area contributed by atoms with Crippen molar-refractivity contribution >= 4 is 27.3 Å². The first-order valence-corrected chi connectivity index (χ1v) is 8.75. The fourth-order valence-electron chi connectivity index (χ4n) is 2.84. The van der Waals surface area contributed by atoms with E-state index in [0.717, 1.165) is 13.1 Å². The van der Waals surface area contributed by atoms with Crippen LogP contribution >= 0.6 is 27.3 Å². The molecule has 3 nitrogen and oxygen atoms in total. The van der Waals surface area contributed by atoms with Gasteiger partial charge in [0, 0.05) is 47.0 Å². The Morgan fingerprint density at radius 1 is 1.37 bits per heavy atom. The average molecular weight is 346 g/mol. The Labute approximate surface area is 128 Å². The molecule has 1 aliphatic heterocycles. The molecule has 0 radical (unpaired) electrons. The van der Waals surface area contributed by atoms with Gasteiger partial charge in [0.15, 0.2) is 0 Å². The standard InChI is InChI=1S/C14H24BrN3S/c1-3-4-17-5-7-18(8-6-17)14(11(2)16)13-9-12(15)10-19-13/h9-11,14H,3-8,16H2,1-2H3. The third kappa shape index (κ3) is 4.02. The summed E-state index contributed by atoms with van der Waals surface area (Å²) in [5.41, 5.74) is 6.24. The number of piperazine rings is 1. The van der Waals surface area contributed by atoms with Gasteiger partial charge in [0.2, 0.25) is 0 Å². The minimum absolute atomic E-state index is 0.170. The van der Waals surface area contributed by atoms with Crippen LogP contribution in [0.15, 0.2) is 15.9 Å². The van der Waals surface area contributed by atoms with Crippen LogP contribution in [0, 0.1) is 0 Å². The second kappa shape index (κ2) is 7.18. The van der Waals surface area contributed by atoms with Crippen molar-refractivity contribution in [1.82, 2.24) is 9.80 Å². The summed E-state index contributed by atoms with van der Waals surface area (Å²) in [4.78, 5) is 6.49. The van der Waals surface area contributed by atoms with Crippen LogP contribution in [-0.2, 0) is 0 Å². The van der Waals surface area contributed by atoms with E-state index in [1.807, 2.05) is 11.3 Å². The molecule has 2 N–H and O–H groups in total. The summed E-state index contributed by atoms with van der Waals surface area (Å²) in [6.45, 7) is 10.2. The van der Waals surface area contributed by atoms with E-state index in [9.17, 15) is 0 Å². The SMILES string of the molecule is CCCN1CCN(C(c2cc(Br)cs2)C(C)N)CC1. The lowest BCUT2D eigenvalue weighted by Gasteiger charge is -2.40. The quantitative estimate of drug-likeness (QED) is 0.890. The normalized spacial score (nSPS) is 21.5. The van der Waals surface area contributed by atoms with E-state index < -0.39 is 0 Å². The van der Waals surface area contributed by atoms with Crippen molar-refractivity contribution in [2.45, 2.75) is 32.4 Å². The third-order valence-corrected chi connectivity index (χ3v) is 5.48. The predicted molar refractivity (Wildman–Crippen MR) is 86.7 cm³/mol. The number of hydrogen-bond acceptors (Lipinski definition) is 4. The Balaban J connectivity index is 2.01. The first kappa shape index (κ1) is 15.4. The van der Waals surface area contributed by atoms with Crippen molar-refractivity contribution in [3.63, 3.8) is 0 Å². The van der Waals surface area contributed by atoms with Gasteiger partial charge in [0.05, 0.1) is 6.04 Å². The maximum absolute atomic E-state index is 6.24. The van der Waals surface area contributed by atoms with Crippen LogP contribution in [0.1, 0.15) is 31.2 Å². The molecule has 2 heterocycles. The fourth-order valence-corrected chi connectivity index (χ4v) is 4.53. The lowest BCUT2D eigenvalue weighted by Crippen LogP contribution is -2.50. The molecule has 2 unspecified atom stereocenters. The summed E-state index contributed by atoms with van der Waals surface area (Å²) in [5, 5.41) is 2.15. The molecule has 0 aliphatic carbocycles. The maximum Gasteiger partial charge on any atom is 0.0592 e. The lowest BCUT2D eigenvalue weighted by atomic mass is 10.1. The number of halogens is 1. The molecule has 1 fully saturated rings. The summed E-state index contributed by atoms with van der Waals surface area (Å²) < 4.78 is 1.17. The average Bonchev–Trinajstić information content (AvgIpc) is 2.78. The van der Waals surface area contributed by atoms with Crippen molar-refractivity contribution < 1.29 is 0 Å². The van der Waals surface area contributed by atoms with E-state index >= 15 is 0 Å². The molecule has 2 rings (SSSR count). The first-order chi connectivity index (χ1) is 9.11. The molecule has 1 aromatic heterocycles. The van der Waals surface area contributed by atoms with E-state index in [2.05, 4.69) is 51.0 Å². The molecule has 0 spiro atoms. The summed E-state index contributed by atoms with van der Waals surface area (Å²) in [5.74, 6) is 0. The minimum Gasteiger partial charge on any atom is -0.326 e. The van der Waals surface area contributed by atoms with Gasteiger partial charge in [-0.05, 0) is 41.9 Å². The molecule has 0 aromatic carbocycles. The Hall–Kier alpha value is 0.0600. The van der Waals surface area contributed by atoms with E-state index in [-0.39, 0.29) is 6.04 Å². The lowest BCUT2D eigenvalue weighted by molar-refractivity contribution is 0.0883. The highest BCUT2D eigenvalue weighted by Gasteiger charge is 2.28. The van der Waals surface area contributed by atoms with E-state index in [4.69, 9.17) is 5.73 Å². The van der Waals surface area contributed by atoms with Crippen LogP contribution in [0.5, 0.6) is 0 Å². The summed E-state index contributed by atoms with van der Waals surface area (Å²) in [7, 11) is 0. The molecule has 0 amide bonds. The number of hydrogen-bond donors (Lipinski definition) is 1. The van der Waals surface area contributed by atoms with Crippen molar-refractivity contribution in [2.24, 2.45) is 5.73 Å². The third-order valence-electron chi connectivity index (χ3n) is 3.72. The Bertz CT molecular complexity index is 386. The predicted octanol–water partition coefficient (Wildman–Crippen LogP) is 2.93. The van der Waals surface area contributed by atoms with Crippen LogP contribution in [0.3, 0.4) is 0 Å². The van der Waals surface area contributed by atoms with Gasteiger partial charge in [0.1, 0.15) is 0 Å². The monoisotopic (exact) mass is 345 g/mol. The summed E-state index contributed by atoms with van der Waals surface area (Å²) >= 11 is 5.36. The van der Waals surface area contributed by atoms with Crippen molar-refractivity contribution in [1.29, 1.82) is 0 Å². The zero-order valence-corrected chi connectivity index (χ0v) is 14.2. The Morgan fingerprint density at radius 2 is 2.05 bits per heavy atom. The zero-order valence-electron chi connectivity index (χ0n) is 11.8. The molecule has 108 valence electrons. The van der Waals surface area contributed by atoms with Gasteiger partial charge in [-0.15, -0.1) is 11.3 Å². The molecule has 2 atom stereocenters. The van der Waals surface area contributed by atoms with Crippen LogP contribution in [0.25, 0.3) is 0 Å². The molecule has 5 heteroatoms. The largest absolute Gasteiger partial charge is 0.326 e. The Kier molecular flexibility index (Phi) is 5.84. The van der Waals surface area contributed by atoms with Gasteiger partial charge in [-0.3, -0.25) is 4.90 Å². The number of thiophene rings is 1. The van der Waals surface area contributed by atoms with Crippen molar-refractivity contribution in [3.8, 4) is 0 Å². The van der Waals surface area contributed by atoms with Crippen LogP contribution in [-0.4, -0.2) is 48.6 Å². The smallest absolute Gasteiger partial charge is 0.0592 e. The molecule has 19 heavy (non-hydrogen) atoms. The van der Waals surface area contributed by atoms with Crippen molar-refractivity contribution in [3.05, 3.63) is 20.8 Å². The Morgan fingerprint density at radius 3 is 2.53 bits per heavy atom. The molecule has 0 saturated carbocycles. The van der Waals surface area contributed by atoms with Gasteiger partial charge in [-0.1, -0.05) is 6.92 Å². The van der Waals surface area contributed by atoms with E-state index in [0.29, 0.717) is 6.04 Å².